The van der Waals surface area contributed by atoms with Crippen molar-refractivity contribution >= 4 is 5.91 Å². The van der Waals surface area contributed by atoms with Gasteiger partial charge in [0.1, 0.15) is 0 Å². The first-order chi connectivity index (χ1) is 9.04. The third-order valence-electron chi connectivity index (χ3n) is 4.45. The summed E-state index contributed by atoms with van der Waals surface area (Å²) in [7, 11) is 0. The zero-order chi connectivity index (χ0) is 13.8. The molecule has 2 aliphatic rings. The fraction of sp³-hybridized carbons (Fsp3) is 0.929. The van der Waals surface area contributed by atoms with Gasteiger partial charge in [0.15, 0.2) is 0 Å². The summed E-state index contributed by atoms with van der Waals surface area (Å²) < 4.78 is 5.24. The van der Waals surface area contributed by atoms with Crippen LogP contribution in [0.2, 0.25) is 0 Å². The maximum atomic E-state index is 12.2. The second kappa shape index (κ2) is 6.20. The van der Waals surface area contributed by atoms with Crippen LogP contribution in [0, 0.1) is 0 Å². The zero-order valence-corrected chi connectivity index (χ0v) is 11.6. The number of nitrogens with two attached hydrogens (primary N) is 1. The summed E-state index contributed by atoms with van der Waals surface area (Å²) in [6, 6.07) is 0. The fourth-order valence-corrected chi connectivity index (χ4v) is 2.95. The van der Waals surface area contributed by atoms with Crippen LogP contribution in [0.3, 0.4) is 0 Å². The van der Waals surface area contributed by atoms with Crippen LogP contribution in [0.25, 0.3) is 0 Å². The molecule has 0 aromatic rings. The Morgan fingerprint density at radius 2 is 1.68 bits per heavy atom. The molecule has 1 saturated carbocycles. The number of nitrogens with one attached hydrogen (secondary N) is 1. The zero-order valence-electron chi connectivity index (χ0n) is 11.6. The Bertz CT molecular complexity index is 306. The lowest BCUT2D eigenvalue weighted by molar-refractivity contribution is -0.131. The largest absolute Gasteiger partial charge is 0.388 e. The van der Waals surface area contributed by atoms with Crippen molar-refractivity contribution in [1.29, 1.82) is 0 Å². The molecule has 110 valence electrons. The highest BCUT2D eigenvalue weighted by atomic mass is 16.5. The number of aliphatic hydroxyl groups is 1. The van der Waals surface area contributed by atoms with Gasteiger partial charge >= 0.3 is 0 Å². The summed E-state index contributed by atoms with van der Waals surface area (Å²) in [4.78, 5) is 12.2. The molecule has 0 bridgehead atoms. The van der Waals surface area contributed by atoms with Gasteiger partial charge in [-0.2, -0.15) is 0 Å². The first-order valence-electron chi connectivity index (χ1n) is 7.42. The lowest BCUT2D eigenvalue weighted by Gasteiger charge is -2.34. The first kappa shape index (κ1) is 14.8. The lowest BCUT2D eigenvalue weighted by Crippen LogP contribution is -2.58. The first-order valence-corrected chi connectivity index (χ1v) is 7.42. The Balaban J connectivity index is 1.84. The molecule has 2 fully saturated rings. The number of amides is 1. The summed E-state index contributed by atoms with van der Waals surface area (Å²) in [5, 5.41) is 13.4. The van der Waals surface area contributed by atoms with Crippen molar-refractivity contribution in [1.82, 2.24) is 5.32 Å². The van der Waals surface area contributed by atoms with Gasteiger partial charge in [0.2, 0.25) is 5.91 Å². The van der Waals surface area contributed by atoms with Crippen LogP contribution in [0.1, 0.15) is 51.4 Å². The second-order valence-corrected chi connectivity index (χ2v) is 6.09. The Morgan fingerprint density at radius 3 is 2.26 bits per heavy atom. The average molecular weight is 270 g/mol. The smallest absolute Gasteiger partial charge is 0.240 e. The van der Waals surface area contributed by atoms with Crippen LogP contribution in [0.15, 0.2) is 0 Å². The van der Waals surface area contributed by atoms with Crippen molar-refractivity contribution in [3.8, 4) is 0 Å². The van der Waals surface area contributed by atoms with Gasteiger partial charge in [-0.15, -0.1) is 0 Å². The van der Waals surface area contributed by atoms with Crippen molar-refractivity contribution in [2.75, 3.05) is 19.8 Å². The van der Waals surface area contributed by atoms with Crippen molar-refractivity contribution in [3.63, 3.8) is 0 Å². The van der Waals surface area contributed by atoms with E-state index in [-0.39, 0.29) is 5.91 Å². The van der Waals surface area contributed by atoms with E-state index in [0.717, 1.165) is 25.7 Å². The molecule has 1 aliphatic heterocycles. The third-order valence-corrected chi connectivity index (χ3v) is 4.45. The average Bonchev–Trinajstić information content (AvgIpc) is 2.62. The van der Waals surface area contributed by atoms with Gasteiger partial charge in [0.05, 0.1) is 11.1 Å². The normalized spacial score (nSPS) is 26.4. The van der Waals surface area contributed by atoms with E-state index in [4.69, 9.17) is 10.5 Å². The molecular formula is C14H26N2O3. The summed E-state index contributed by atoms with van der Waals surface area (Å²) in [5.74, 6) is -0.145. The Kier molecular flexibility index (Phi) is 4.81. The lowest BCUT2D eigenvalue weighted by atomic mass is 9.89. The molecule has 0 atom stereocenters. The van der Waals surface area contributed by atoms with E-state index < -0.39 is 11.1 Å². The van der Waals surface area contributed by atoms with Gasteiger partial charge in [0.25, 0.3) is 0 Å². The van der Waals surface area contributed by atoms with Gasteiger partial charge in [-0.05, 0) is 25.7 Å². The molecule has 0 unspecified atom stereocenters. The van der Waals surface area contributed by atoms with Gasteiger partial charge in [-0.1, -0.05) is 25.7 Å². The number of carbonyl (C=O) groups is 1. The Labute approximate surface area is 114 Å². The van der Waals surface area contributed by atoms with Crippen LogP contribution in [0.4, 0.5) is 0 Å². The molecule has 2 rings (SSSR count). The number of ether oxygens (including phenoxy) is 1. The van der Waals surface area contributed by atoms with Crippen molar-refractivity contribution in [2.24, 2.45) is 5.73 Å². The quantitative estimate of drug-likeness (QED) is 0.659. The molecule has 1 heterocycles. The van der Waals surface area contributed by atoms with E-state index in [1.807, 2.05) is 0 Å². The number of hydrogen-bond acceptors (Lipinski definition) is 4. The van der Waals surface area contributed by atoms with Gasteiger partial charge < -0.3 is 20.9 Å². The topological polar surface area (TPSA) is 84.6 Å². The molecule has 4 N–H and O–H groups in total. The molecule has 1 amide bonds. The Hall–Kier alpha value is -0.650. The van der Waals surface area contributed by atoms with Crippen molar-refractivity contribution in [2.45, 2.75) is 62.5 Å². The summed E-state index contributed by atoms with van der Waals surface area (Å²) in [6.07, 6.45) is 7.07. The summed E-state index contributed by atoms with van der Waals surface area (Å²) in [5.41, 5.74) is 4.56. The monoisotopic (exact) mass is 270 g/mol. The fourth-order valence-electron chi connectivity index (χ4n) is 2.95. The minimum Gasteiger partial charge on any atom is -0.388 e. The van der Waals surface area contributed by atoms with Gasteiger partial charge in [-0.25, -0.2) is 0 Å². The standard InChI is InChI=1S/C14H26N2O3/c15-14(7-9-19-10-8-14)12(17)16-11-13(18)5-3-1-2-4-6-13/h18H,1-11,15H2,(H,16,17). The van der Waals surface area contributed by atoms with Gasteiger partial charge in [0, 0.05) is 19.8 Å². The molecule has 0 aromatic carbocycles. The molecule has 0 aromatic heterocycles. The van der Waals surface area contributed by atoms with E-state index in [0.29, 0.717) is 32.6 Å². The van der Waals surface area contributed by atoms with Crippen LogP contribution in [-0.2, 0) is 9.53 Å². The number of hydrogen-bond donors (Lipinski definition) is 3. The minimum absolute atomic E-state index is 0.145. The molecule has 1 saturated heterocycles. The predicted molar refractivity (Wildman–Crippen MR) is 72.6 cm³/mol. The van der Waals surface area contributed by atoms with Crippen LogP contribution in [0.5, 0.6) is 0 Å². The highest BCUT2D eigenvalue weighted by Gasteiger charge is 2.37. The molecule has 1 aliphatic carbocycles. The maximum Gasteiger partial charge on any atom is 0.240 e. The van der Waals surface area contributed by atoms with Gasteiger partial charge in [-0.3, -0.25) is 4.79 Å². The van der Waals surface area contributed by atoms with Crippen LogP contribution < -0.4 is 11.1 Å². The molecule has 5 heteroatoms. The number of rotatable bonds is 3. The molecule has 5 nitrogen and oxygen atoms in total. The Morgan fingerprint density at radius 1 is 1.11 bits per heavy atom. The second-order valence-electron chi connectivity index (χ2n) is 6.09. The van der Waals surface area contributed by atoms with Crippen molar-refractivity contribution < 1.29 is 14.6 Å². The predicted octanol–water partition coefficient (Wildman–Crippen LogP) is 0.696. The van der Waals surface area contributed by atoms with E-state index in [2.05, 4.69) is 5.32 Å². The highest BCUT2D eigenvalue weighted by molar-refractivity contribution is 5.86. The summed E-state index contributed by atoms with van der Waals surface area (Å²) in [6.45, 7) is 1.40. The number of carbonyl (C=O) groups excluding carboxylic acids is 1. The highest BCUT2D eigenvalue weighted by Crippen LogP contribution is 2.26. The minimum atomic E-state index is -0.820. The summed E-state index contributed by atoms with van der Waals surface area (Å²) >= 11 is 0. The maximum absolute atomic E-state index is 12.2. The van der Waals surface area contributed by atoms with Crippen LogP contribution in [-0.4, -0.2) is 41.9 Å². The third kappa shape index (κ3) is 3.91. The SMILES string of the molecule is NC1(C(=O)NCC2(O)CCCCCC2)CCOCC1. The molecule has 0 spiro atoms. The van der Waals surface area contributed by atoms with E-state index in [1.54, 1.807) is 0 Å². The van der Waals surface area contributed by atoms with E-state index >= 15 is 0 Å². The van der Waals surface area contributed by atoms with E-state index in [9.17, 15) is 9.90 Å². The van der Waals surface area contributed by atoms with Crippen molar-refractivity contribution in [3.05, 3.63) is 0 Å². The van der Waals surface area contributed by atoms with Crippen LogP contribution >= 0.6 is 0 Å². The molecule has 0 radical (unpaired) electrons. The molecule has 19 heavy (non-hydrogen) atoms. The van der Waals surface area contributed by atoms with E-state index in [1.165, 1.54) is 12.8 Å². The molecular weight excluding hydrogens is 244 g/mol.